The minimum Gasteiger partial charge on any atom is -0.372 e. The number of carbonyl (C=O) groups is 2. The third kappa shape index (κ3) is 3.63. The fraction of sp³-hybridized carbons (Fsp3) is 0.316. The van der Waals surface area contributed by atoms with Crippen molar-refractivity contribution in [1.82, 2.24) is 9.88 Å². The molecule has 1 aliphatic rings. The number of aromatic nitrogens is 1. The van der Waals surface area contributed by atoms with E-state index in [4.69, 9.17) is 0 Å². The summed E-state index contributed by atoms with van der Waals surface area (Å²) in [6, 6.07) is 11.4. The van der Waals surface area contributed by atoms with Crippen LogP contribution >= 0.6 is 0 Å². The van der Waals surface area contributed by atoms with E-state index < -0.39 is 11.8 Å². The number of carbonyl (C=O) groups excluding carboxylic acids is 2. The standard InChI is InChI=1S/C19H22N4O2/c1-3-16-13-22(2)17-9-5-4-7-14(17)12-23(16)19(25)18(24)21-15-8-6-10-20-11-15/h4-11,16H,3,12-13H2,1-2H3,(H,21,24)/t16-/m0/s1. The number of fused-ring (bicyclic) bond motifs is 1. The number of nitrogens with one attached hydrogen (secondary N) is 1. The quantitative estimate of drug-likeness (QED) is 0.853. The van der Waals surface area contributed by atoms with Crippen molar-refractivity contribution in [3.63, 3.8) is 0 Å². The van der Waals surface area contributed by atoms with Crippen LogP contribution in [0.3, 0.4) is 0 Å². The highest BCUT2D eigenvalue weighted by Gasteiger charge is 2.32. The van der Waals surface area contributed by atoms with Gasteiger partial charge in [-0.1, -0.05) is 25.1 Å². The van der Waals surface area contributed by atoms with Crippen LogP contribution in [0.5, 0.6) is 0 Å². The molecule has 1 aliphatic heterocycles. The van der Waals surface area contributed by atoms with E-state index in [-0.39, 0.29) is 6.04 Å². The molecule has 2 amide bonds. The van der Waals surface area contributed by atoms with Gasteiger partial charge in [-0.2, -0.15) is 0 Å². The highest BCUT2D eigenvalue weighted by Crippen LogP contribution is 2.27. The first-order chi connectivity index (χ1) is 12.1. The van der Waals surface area contributed by atoms with E-state index in [1.165, 1.54) is 6.20 Å². The van der Waals surface area contributed by atoms with Gasteiger partial charge in [-0.3, -0.25) is 14.6 Å². The van der Waals surface area contributed by atoms with Crippen LogP contribution in [0.25, 0.3) is 0 Å². The van der Waals surface area contributed by atoms with Gasteiger partial charge in [0.15, 0.2) is 0 Å². The first kappa shape index (κ1) is 17.0. The number of para-hydroxylation sites is 1. The van der Waals surface area contributed by atoms with Crippen molar-refractivity contribution in [1.29, 1.82) is 0 Å². The van der Waals surface area contributed by atoms with Crippen molar-refractivity contribution >= 4 is 23.2 Å². The molecule has 0 unspecified atom stereocenters. The van der Waals surface area contributed by atoms with Crippen LogP contribution in [-0.2, 0) is 16.1 Å². The van der Waals surface area contributed by atoms with Crippen LogP contribution in [0.15, 0.2) is 48.8 Å². The summed E-state index contributed by atoms with van der Waals surface area (Å²) in [6.45, 7) is 3.16. The molecule has 0 saturated carbocycles. The summed E-state index contributed by atoms with van der Waals surface area (Å²) in [5, 5.41) is 2.63. The summed E-state index contributed by atoms with van der Waals surface area (Å²) in [5.74, 6) is -1.14. The maximum absolute atomic E-state index is 12.8. The molecule has 0 saturated heterocycles. The molecule has 0 radical (unpaired) electrons. The molecule has 25 heavy (non-hydrogen) atoms. The van der Waals surface area contributed by atoms with Gasteiger partial charge in [0, 0.05) is 38.1 Å². The number of likely N-dealkylation sites (N-methyl/N-ethyl adjacent to an activating group) is 1. The number of anilines is 2. The Balaban J connectivity index is 1.83. The summed E-state index contributed by atoms with van der Waals surface area (Å²) in [5.41, 5.74) is 2.66. The van der Waals surface area contributed by atoms with Gasteiger partial charge in [-0.25, -0.2) is 0 Å². The molecule has 2 heterocycles. The second-order valence-corrected chi connectivity index (χ2v) is 6.20. The van der Waals surface area contributed by atoms with E-state index >= 15 is 0 Å². The minimum absolute atomic E-state index is 0.0236. The summed E-state index contributed by atoms with van der Waals surface area (Å²) >= 11 is 0. The molecule has 1 atom stereocenters. The third-order valence-electron chi connectivity index (χ3n) is 4.51. The number of pyridine rings is 1. The molecule has 1 aromatic heterocycles. The van der Waals surface area contributed by atoms with Crippen molar-refractivity contribution < 1.29 is 9.59 Å². The van der Waals surface area contributed by atoms with Crippen LogP contribution in [0.4, 0.5) is 11.4 Å². The Morgan fingerprint density at radius 2 is 2.04 bits per heavy atom. The van der Waals surface area contributed by atoms with Gasteiger partial charge in [0.1, 0.15) is 0 Å². The van der Waals surface area contributed by atoms with Crippen LogP contribution in [0.1, 0.15) is 18.9 Å². The molecule has 6 heteroatoms. The number of benzene rings is 1. The molecule has 2 aromatic rings. The number of nitrogens with zero attached hydrogens (tertiary/aromatic N) is 3. The van der Waals surface area contributed by atoms with Crippen molar-refractivity contribution in [2.24, 2.45) is 0 Å². The molecule has 6 nitrogen and oxygen atoms in total. The van der Waals surface area contributed by atoms with E-state index in [9.17, 15) is 9.59 Å². The van der Waals surface area contributed by atoms with Crippen LogP contribution in [0.2, 0.25) is 0 Å². The second kappa shape index (κ2) is 7.34. The van der Waals surface area contributed by atoms with Crippen LogP contribution in [-0.4, -0.2) is 41.3 Å². The Morgan fingerprint density at radius 1 is 1.24 bits per heavy atom. The first-order valence-electron chi connectivity index (χ1n) is 8.41. The van der Waals surface area contributed by atoms with Gasteiger partial charge in [-0.05, 0) is 30.2 Å². The molecule has 1 aromatic carbocycles. The molecular formula is C19H22N4O2. The average Bonchev–Trinajstić information content (AvgIpc) is 2.78. The van der Waals surface area contributed by atoms with Crippen LogP contribution in [0, 0.1) is 0 Å². The molecule has 1 N–H and O–H groups in total. The fourth-order valence-electron chi connectivity index (χ4n) is 3.18. The fourth-order valence-corrected chi connectivity index (χ4v) is 3.18. The summed E-state index contributed by atoms with van der Waals surface area (Å²) in [7, 11) is 2.02. The van der Waals surface area contributed by atoms with E-state index in [1.54, 1.807) is 23.2 Å². The molecule has 0 fully saturated rings. The summed E-state index contributed by atoms with van der Waals surface area (Å²) in [6.07, 6.45) is 3.92. The van der Waals surface area contributed by atoms with E-state index in [0.717, 1.165) is 17.7 Å². The van der Waals surface area contributed by atoms with Gasteiger partial charge < -0.3 is 15.1 Å². The van der Waals surface area contributed by atoms with Crippen molar-refractivity contribution in [2.75, 3.05) is 23.8 Å². The van der Waals surface area contributed by atoms with Gasteiger partial charge in [-0.15, -0.1) is 0 Å². The Labute approximate surface area is 147 Å². The van der Waals surface area contributed by atoms with Gasteiger partial charge in [0.25, 0.3) is 0 Å². The van der Waals surface area contributed by atoms with Gasteiger partial charge >= 0.3 is 11.8 Å². The Hall–Kier alpha value is -2.89. The van der Waals surface area contributed by atoms with Crippen molar-refractivity contribution in [3.05, 3.63) is 54.4 Å². The number of amides is 2. The summed E-state index contributed by atoms with van der Waals surface area (Å²) < 4.78 is 0. The lowest BCUT2D eigenvalue weighted by Gasteiger charge is -2.30. The zero-order valence-corrected chi connectivity index (χ0v) is 14.5. The SMILES string of the molecule is CC[C@H]1CN(C)c2ccccc2CN1C(=O)C(=O)Nc1cccnc1. The normalized spacial score (nSPS) is 16.8. The number of hydrogen-bond donors (Lipinski definition) is 1. The second-order valence-electron chi connectivity index (χ2n) is 6.20. The average molecular weight is 338 g/mol. The van der Waals surface area contributed by atoms with Gasteiger partial charge in [0.2, 0.25) is 0 Å². The monoisotopic (exact) mass is 338 g/mol. The molecule has 130 valence electrons. The topological polar surface area (TPSA) is 65.5 Å². The van der Waals surface area contributed by atoms with Crippen molar-refractivity contribution in [3.8, 4) is 0 Å². The third-order valence-corrected chi connectivity index (χ3v) is 4.51. The van der Waals surface area contributed by atoms with E-state index in [2.05, 4.69) is 15.2 Å². The zero-order valence-electron chi connectivity index (χ0n) is 14.5. The van der Waals surface area contributed by atoms with Crippen molar-refractivity contribution in [2.45, 2.75) is 25.9 Å². The highest BCUT2D eigenvalue weighted by molar-refractivity contribution is 6.39. The maximum atomic E-state index is 12.8. The van der Waals surface area contributed by atoms with Gasteiger partial charge in [0.05, 0.1) is 11.9 Å². The predicted molar refractivity (Wildman–Crippen MR) is 97.2 cm³/mol. The lowest BCUT2D eigenvalue weighted by Crippen LogP contribution is -2.47. The zero-order chi connectivity index (χ0) is 17.8. The molecule has 0 bridgehead atoms. The van der Waals surface area contributed by atoms with Crippen LogP contribution < -0.4 is 10.2 Å². The number of hydrogen-bond acceptors (Lipinski definition) is 4. The molecule has 0 spiro atoms. The lowest BCUT2D eigenvalue weighted by atomic mass is 10.1. The maximum Gasteiger partial charge on any atom is 0.313 e. The first-order valence-corrected chi connectivity index (χ1v) is 8.41. The lowest BCUT2D eigenvalue weighted by molar-refractivity contribution is -0.145. The number of rotatable bonds is 2. The largest absolute Gasteiger partial charge is 0.372 e. The minimum atomic E-state index is -0.631. The molecular weight excluding hydrogens is 316 g/mol. The summed E-state index contributed by atoms with van der Waals surface area (Å²) in [4.78, 5) is 33.0. The Morgan fingerprint density at radius 3 is 2.76 bits per heavy atom. The Kier molecular flexibility index (Phi) is 4.97. The van der Waals surface area contributed by atoms with E-state index in [1.807, 2.05) is 38.2 Å². The highest BCUT2D eigenvalue weighted by atomic mass is 16.2. The molecule has 0 aliphatic carbocycles. The Bertz CT molecular complexity index is 763. The van der Waals surface area contributed by atoms with E-state index in [0.29, 0.717) is 18.8 Å². The smallest absolute Gasteiger partial charge is 0.313 e. The predicted octanol–water partition coefficient (Wildman–Crippen LogP) is 2.28. The molecule has 3 rings (SSSR count).